The molecular formula is C21H21NO5. The number of methoxy groups -OCH3 is 1. The van der Waals surface area contributed by atoms with Crippen LogP contribution in [0.3, 0.4) is 0 Å². The van der Waals surface area contributed by atoms with Crippen LogP contribution in [0, 0.1) is 12.8 Å². The summed E-state index contributed by atoms with van der Waals surface area (Å²) in [6.45, 7) is 1.80. The molecule has 0 bridgehead atoms. The van der Waals surface area contributed by atoms with Crippen LogP contribution in [0.2, 0.25) is 0 Å². The van der Waals surface area contributed by atoms with Crippen LogP contribution in [0.15, 0.2) is 48.5 Å². The zero-order chi connectivity index (χ0) is 19.4. The molecule has 0 aliphatic carbocycles. The highest BCUT2D eigenvalue weighted by Gasteiger charge is 2.37. The van der Waals surface area contributed by atoms with E-state index in [4.69, 9.17) is 9.47 Å². The van der Waals surface area contributed by atoms with Gasteiger partial charge < -0.3 is 14.4 Å². The van der Waals surface area contributed by atoms with Gasteiger partial charge in [-0.3, -0.25) is 14.4 Å². The molecule has 1 unspecified atom stereocenters. The Morgan fingerprint density at radius 3 is 2.52 bits per heavy atom. The normalized spacial score (nSPS) is 16.3. The number of hydrogen-bond donors (Lipinski definition) is 0. The third-order valence-corrected chi connectivity index (χ3v) is 4.55. The van der Waals surface area contributed by atoms with Crippen molar-refractivity contribution in [3.05, 3.63) is 59.7 Å². The van der Waals surface area contributed by atoms with Crippen molar-refractivity contribution in [3.8, 4) is 5.75 Å². The zero-order valence-corrected chi connectivity index (χ0v) is 15.3. The first-order chi connectivity index (χ1) is 13.0. The lowest BCUT2D eigenvalue weighted by Gasteiger charge is -2.19. The number of rotatable bonds is 6. The van der Waals surface area contributed by atoms with Gasteiger partial charge in [0.1, 0.15) is 5.75 Å². The number of para-hydroxylation sites is 2. The van der Waals surface area contributed by atoms with Gasteiger partial charge in [0.05, 0.1) is 18.7 Å². The van der Waals surface area contributed by atoms with Gasteiger partial charge in [-0.2, -0.15) is 0 Å². The molecular weight excluding hydrogens is 346 g/mol. The van der Waals surface area contributed by atoms with E-state index in [9.17, 15) is 14.4 Å². The molecule has 3 rings (SSSR count). The van der Waals surface area contributed by atoms with Gasteiger partial charge in [0.25, 0.3) is 0 Å². The van der Waals surface area contributed by atoms with Gasteiger partial charge >= 0.3 is 5.97 Å². The number of Topliss-reactive ketones (excluding diaryl/α,β-unsaturated/α-hetero) is 1. The summed E-state index contributed by atoms with van der Waals surface area (Å²) in [7, 11) is 1.53. The van der Waals surface area contributed by atoms with Crippen molar-refractivity contribution in [2.45, 2.75) is 13.3 Å². The summed E-state index contributed by atoms with van der Waals surface area (Å²) in [6, 6.07) is 14.2. The fourth-order valence-electron chi connectivity index (χ4n) is 3.03. The van der Waals surface area contributed by atoms with E-state index in [2.05, 4.69) is 0 Å². The Morgan fingerprint density at radius 1 is 1.11 bits per heavy atom. The molecule has 2 aromatic rings. The quantitative estimate of drug-likeness (QED) is 0.580. The maximum Gasteiger partial charge on any atom is 0.311 e. The van der Waals surface area contributed by atoms with Gasteiger partial charge in [0.15, 0.2) is 12.4 Å². The van der Waals surface area contributed by atoms with Gasteiger partial charge in [0, 0.05) is 18.5 Å². The third kappa shape index (κ3) is 4.16. The Bertz CT molecular complexity index is 859. The predicted molar refractivity (Wildman–Crippen MR) is 99.9 cm³/mol. The van der Waals surface area contributed by atoms with Gasteiger partial charge in [0.2, 0.25) is 5.91 Å². The van der Waals surface area contributed by atoms with Crippen LogP contribution in [0.1, 0.15) is 22.3 Å². The van der Waals surface area contributed by atoms with Gasteiger partial charge in [-0.15, -0.1) is 0 Å². The van der Waals surface area contributed by atoms with Crippen molar-refractivity contribution in [2.75, 3.05) is 25.2 Å². The highest BCUT2D eigenvalue weighted by Crippen LogP contribution is 2.33. The molecule has 6 heteroatoms. The van der Waals surface area contributed by atoms with Crippen molar-refractivity contribution in [1.29, 1.82) is 0 Å². The molecule has 0 saturated carbocycles. The zero-order valence-electron chi connectivity index (χ0n) is 15.3. The first-order valence-corrected chi connectivity index (χ1v) is 8.69. The van der Waals surface area contributed by atoms with Crippen molar-refractivity contribution in [3.63, 3.8) is 0 Å². The van der Waals surface area contributed by atoms with E-state index in [1.807, 2.05) is 25.1 Å². The lowest BCUT2D eigenvalue weighted by Crippen LogP contribution is -2.27. The minimum Gasteiger partial charge on any atom is -0.495 e. The Hall–Kier alpha value is -3.15. The number of benzene rings is 2. The fourth-order valence-corrected chi connectivity index (χ4v) is 3.03. The van der Waals surface area contributed by atoms with E-state index >= 15 is 0 Å². The first kappa shape index (κ1) is 18.6. The molecule has 1 fully saturated rings. The Labute approximate surface area is 157 Å². The first-order valence-electron chi connectivity index (χ1n) is 8.69. The molecule has 140 valence electrons. The fraction of sp³-hybridized carbons (Fsp3) is 0.286. The molecule has 1 aliphatic rings. The molecule has 1 heterocycles. The van der Waals surface area contributed by atoms with E-state index < -0.39 is 11.9 Å². The minimum absolute atomic E-state index is 0.0512. The lowest BCUT2D eigenvalue weighted by molar-refractivity contribution is -0.147. The summed E-state index contributed by atoms with van der Waals surface area (Å²) in [5.74, 6) is -1.02. The molecule has 1 aliphatic heterocycles. The van der Waals surface area contributed by atoms with Crippen LogP contribution < -0.4 is 9.64 Å². The molecule has 27 heavy (non-hydrogen) atoms. The summed E-state index contributed by atoms with van der Waals surface area (Å²) in [5, 5.41) is 0. The summed E-state index contributed by atoms with van der Waals surface area (Å²) < 4.78 is 10.4. The van der Waals surface area contributed by atoms with Gasteiger partial charge in [-0.1, -0.05) is 42.0 Å². The second-order valence-electron chi connectivity index (χ2n) is 6.47. The molecule has 6 nitrogen and oxygen atoms in total. The molecule has 2 aromatic carbocycles. The van der Waals surface area contributed by atoms with E-state index in [0.717, 1.165) is 5.56 Å². The number of carbonyl (C=O) groups is 3. The van der Waals surface area contributed by atoms with E-state index in [-0.39, 0.29) is 31.3 Å². The standard InChI is InChI=1S/C21H21NO5/c1-14-7-9-15(10-8-14)18(23)13-27-21(25)16-11-20(24)22(12-16)17-5-3-4-6-19(17)26-2/h3-10,16H,11-13H2,1-2H3. The number of anilines is 1. The Morgan fingerprint density at radius 2 is 1.81 bits per heavy atom. The number of hydrogen-bond acceptors (Lipinski definition) is 5. The summed E-state index contributed by atoms with van der Waals surface area (Å²) in [4.78, 5) is 38.3. The molecule has 1 amide bonds. The van der Waals surface area contributed by atoms with Gasteiger partial charge in [-0.05, 0) is 19.1 Å². The number of ether oxygens (including phenoxy) is 2. The summed E-state index contributed by atoms with van der Waals surface area (Å²) in [6.07, 6.45) is 0.0512. The monoisotopic (exact) mass is 367 g/mol. The average molecular weight is 367 g/mol. The number of nitrogens with zero attached hydrogens (tertiary/aromatic N) is 1. The summed E-state index contributed by atoms with van der Waals surface area (Å²) >= 11 is 0. The van der Waals surface area contributed by atoms with Crippen LogP contribution in [0.4, 0.5) is 5.69 Å². The van der Waals surface area contributed by atoms with Crippen molar-refractivity contribution < 1.29 is 23.9 Å². The second-order valence-corrected chi connectivity index (χ2v) is 6.47. The van der Waals surface area contributed by atoms with E-state index in [1.54, 1.807) is 30.3 Å². The average Bonchev–Trinajstić information content (AvgIpc) is 3.08. The van der Waals surface area contributed by atoms with Crippen molar-refractivity contribution >= 4 is 23.3 Å². The SMILES string of the molecule is COc1ccccc1N1CC(C(=O)OCC(=O)c2ccc(C)cc2)CC1=O. The molecule has 0 aromatic heterocycles. The maximum atomic E-state index is 12.3. The van der Waals surface area contributed by atoms with Crippen molar-refractivity contribution in [1.82, 2.24) is 0 Å². The van der Waals surface area contributed by atoms with Crippen LogP contribution in [0.25, 0.3) is 0 Å². The molecule has 1 atom stereocenters. The molecule has 0 N–H and O–H groups in total. The topological polar surface area (TPSA) is 72.9 Å². The van der Waals surface area contributed by atoms with E-state index in [1.165, 1.54) is 12.0 Å². The number of esters is 1. The number of amides is 1. The van der Waals surface area contributed by atoms with Crippen LogP contribution >= 0.6 is 0 Å². The maximum absolute atomic E-state index is 12.3. The number of aryl methyl sites for hydroxylation is 1. The predicted octanol–water partition coefficient (Wildman–Crippen LogP) is 2.78. The summed E-state index contributed by atoms with van der Waals surface area (Å²) in [5.41, 5.74) is 2.16. The minimum atomic E-state index is -0.603. The van der Waals surface area contributed by atoms with Crippen molar-refractivity contribution in [2.24, 2.45) is 5.92 Å². The highest BCUT2D eigenvalue weighted by atomic mass is 16.5. The highest BCUT2D eigenvalue weighted by molar-refractivity contribution is 6.01. The van der Waals surface area contributed by atoms with Crippen LogP contribution in [-0.2, 0) is 14.3 Å². The Balaban J connectivity index is 1.60. The smallest absolute Gasteiger partial charge is 0.311 e. The molecule has 0 radical (unpaired) electrons. The Kier molecular flexibility index (Phi) is 5.54. The van der Waals surface area contributed by atoms with E-state index in [0.29, 0.717) is 17.0 Å². The number of ketones is 1. The molecule has 0 spiro atoms. The molecule has 1 saturated heterocycles. The number of carbonyl (C=O) groups excluding carboxylic acids is 3. The van der Waals surface area contributed by atoms with Crippen LogP contribution in [0.5, 0.6) is 5.75 Å². The second kappa shape index (κ2) is 8.03. The third-order valence-electron chi connectivity index (χ3n) is 4.55. The van der Waals surface area contributed by atoms with Gasteiger partial charge in [-0.25, -0.2) is 0 Å². The van der Waals surface area contributed by atoms with Crippen LogP contribution in [-0.4, -0.2) is 37.9 Å². The lowest BCUT2D eigenvalue weighted by atomic mass is 10.1. The largest absolute Gasteiger partial charge is 0.495 e.